The number of alkyl carbamates (subject to hydrolysis) is 1. The van der Waals surface area contributed by atoms with Crippen LogP contribution in [0.15, 0.2) is 24.3 Å². The first-order valence-corrected chi connectivity index (χ1v) is 7.63. The topological polar surface area (TPSA) is 105 Å². The van der Waals surface area contributed by atoms with Crippen molar-refractivity contribution in [3.8, 4) is 0 Å². The molecule has 0 aliphatic heterocycles. The van der Waals surface area contributed by atoms with E-state index in [1.807, 2.05) is 20.8 Å². The van der Waals surface area contributed by atoms with Gasteiger partial charge in [0, 0.05) is 24.5 Å². The SMILES string of the molecule is CC(C)(C)OC(=O)NCCCCNC(=O)Nc1cccc(N)c1. The van der Waals surface area contributed by atoms with E-state index in [4.69, 9.17) is 10.5 Å². The molecule has 7 heteroatoms. The summed E-state index contributed by atoms with van der Waals surface area (Å²) in [5.74, 6) is 0. The first-order chi connectivity index (χ1) is 10.8. The number of benzene rings is 1. The smallest absolute Gasteiger partial charge is 0.407 e. The van der Waals surface area contributed by atoms with Crippen molar-refractivity contribution in [2.45, 2.75) is 39.2 Å². The quantitative estimate of drug-likeness (QED) is 0.477. The van der Waals surface area contributed by atoms with Crippen molar-refractivity contribution in [3.63, 3.8) is 0 Å². The van der Waals surface area contributed by atoms with Crippen LogP contribution < -0.4 is 21.7 Å². The Morgan fingerprint density at radius 1 is 1.13 bits per heavy atom. The third-order valence-corrected chi connectivity index (χ3v) is 2.70. The molecule has 1 rings (SSSR count). The number of nitrogen functional groups attached to an aromatic ring is 1. The minimum absolute atomic E-state index is 0.282. The molecule has 0 unspecified atom stereocenters. The molecule has 0 fully saturated rings. The van der Waals surface area contributed by atoms with E-state index in [9.17, 15) is 9.59 Å². The van der Waals surface area contributed by atoms with Gasteiger partial charge in [-0.2, -0.15) is 0 Å². The van der Waals surface area contributed by atoms with E-state index in [0.717, 1.165) is 12.8 Å². The molecule has 7 nitrogen and oxygen atoms in total. The van der Waals surface area contributed by atoms with Crippen molar-refractivity contribution >= 4 is 23.5 Å². The van der Waals surface area contributed by atoms with E-state index in [0.29, 0.717) is 24.5 Å². The number of hydrogen-bond donors (Lipinski definition) is 4. The van der Waals surface area contributed by atoms with Crippen LogP contribution >= 0.6 is 0 Å². The first kappa shape index (κ1) is 18.6. The van der Waals surface area contributed by atoms with Gasteiger partial charge in [0.25, 0.3) is 0 Å². The highest BCUT2D eigenvalue weighted by Crippen LogP contribution is 2.11. The Balaban J connectivity index is 2.09. The van der Waals surface area contributed by atoms with Gasteiger partial charge in [-0.05, 0) is 51.8 Å². The number of carbonyl (C=O) groups excluding carboxylic acids is 2. The molecule has 5 N–H and O–H groups in total. The standard InChI is InChI=1S/C16H26N4O3/c1-16(2,3)23-15(22)19-10-5-4-9-18-14(21)20-13-8-6-7-12(17)11-13/h6-8,11H,4-5,9-10,17H2,1-3H3,(H,19,22)(H2,18,20,21). The van der Waals surface area contributed by atoms with Gasteiger partial charge in [-0.15, -0.1) is 0 Å². The average Bonchev–Trinajstić information content (AvgIpc) is 2.40. The minimum Gasteiger partial charge on any atom is -0.444 e. The van der Waals surface area contributed by atoms with Crippen LogP contribution in [0.3, 0.4) is 0 Å². The van der Waals surface area contributed by atoms with Crippen LogP contribution in [0, 0.1) is 0 Å². The molecule has 0 aromatic heterocycles. The fraction of sp³-hybridized carbons (Fsp3) is 0.500. The lowest BCUT2D eigenvalue weighted by molar-refractivity contribution is 0.0527. The van der Waals surface area contributed by atoms with Crippen LogP contribution in [0.5, 0.6) is 0 Å². The monoisotopic (exact) mass is 322 g/mol. The molecule has 0 atom stereocenters. The van der Waals surface area contributed by atoms with E-state index < -0.39 is 11.7 Å². The van der Waals surface area contributed by atoms with Crippen LogP contribution in [-0.4, -0.2) is 30.8 Å². The van der Waals surface area contributed by atoms with Crippen LogP contribution in [0.25, 0.3) is 0 Å². The Bertz CT molecular complexity index is 526. The van der Waals surface area contributed by atoms with Crippen LogP contribution in [-0.2, 0) is 4.74 Å². The number of urea groups is 1. The molecule has 3 amide bonds. The number of amides is 3. The van der Waals surface area contributed by atoms with Crippen molar-refractivity contribution in [2.24, 2.45) is 0 Å². The summed E-state index contributed by atoms with van der Waals surface area (Å²) in [4.78, 5) is 23.1. The number of rotatable bonds is 6. The van der Waals surface area contributed by atoms with Crippen LogP contribution in [0.1, 0.15) is 33.6 Å². The molecular formula is C16H26N4O3. The van der Waals surface area contributed by atoms with E-state index >= 15 is 0 Å². The van der Waals surface area contributed by atoms with Gasteiger partial charge in [-0.1, -0.05) is 6.07 Å². The van der Waals surface area contributed by atoms with E-state index in [2.05, 4.69) is 16.0 Å². The molecule has 0 spiro atoms. The third-order valence-electron chi connectivity index (χ3n) is 2.70. The van der Waals surface area contributed by atoms with Gasteiger partial charge in [0.2, 0.25) is 0 Å². The van der Waals surface area contributed by atoms with Crippen molar-refractivity contribution in [2.75, 3.05) is 24.1 Å². The molecule has 128 valence electrons. The van der Waals surface area contributed by atoms with Crippen molar-refractivity contribution in [1.29, 1.82) is 0 Å². The second-order valence-electron chi connectivity index (χ2n) is 6.14. The highest BCUT2D eigenvalue weighted by atomic mass is 16.6. The molecule has 0 radical (unpaired) electrons. The lowest BCUT2D eigenvalue weighted by atomic mass is 10.2. The molecular weight excluding hydrogens is 296 g/mol. The van der Waals surface area contributed by atoms with E-state index in [1.165, 1.54) is 0 Å². The highest BCUT2D eigenvalue weighted by molar-refractivity contribution is 5.89. The molecule has 0 saturated heterocycles. The van der Waals surface area contributed by atoms with Gasteiger partial charge in [0.05, 0.1) is 0 Å². The van der Waals surface area contributed by atoms with Gasteiger partial charge < -0.3 is 26.4 Å². The summed E-state index contributed by atoms with van der Waals surface area (Å²) in [6, 6.07) is 6.69. The minimum atomic E-state index is -0.495. The van der Waals surface area contributed by atoms with Gasteiger partial charge in [-0.3, -0.25) is 0 Å². The number of hydrogen-bond acceptors (Lipinski definition) is 4. The Labute approximate surface area is 137 Å². The fourth-order valence-corrected chi connectivity index (χ4v) is 1.75. The maximum Gasteiger partial charge on any atom is 0.407 e. The van der Waals surface area contributed by atoms with Crippen LogP contribution in [0.4, 0.5) is 21.0 Å². The second-order valence-corrected chi connectivity index (χ2v) is 6.14. The number of unbranched alkanes of at least 4 members (excludes halogenated alkanes) is 1. The summed E-state index contributed by atoms with van der Waals surface area (Å²) in [5, 5.41) is 8.11. The average molecular weight is 322 g/mol. The number of nitrogens with two attached hydrogens (primary N) is 1. The van der Waals surface area contributed by atoms with Gasteiger partial charge >= 0.3 is 12.1 Å². The van der Waals surface area contributed by atoms with Crippen LogP contribution in [0.2, 0.25) is 0 Å². The number of nitrogens with one attached hydrogen (secondary N) is 3. The van der Waals surface area contributed by atoms with E-state index in [1.54, 1.807) is 24.3 Å². The second kappa shape index (κ2) is 8.87. The normalized spacial score (nSPS) is 10.7. The molecule has 0 bridgehead atoms. The summed E-state index contributed by atoms with van der Waals surface area (Å²) < 4.78 is 5.12. The Morgan fingerprint density at radius 2 is 1.78 bits per heavy atom. The van der Waals surface area contributed by atoms with Gasteiger partial charge in [0.15, 0.2) is 0 Å². The Hall–Kier alpha value is -2.44. The van der Waals surface area contributed by atoms with Crippen molar-refractivity contribution in [3.05, 3.63) is 24.3 Å². The van der Waals surface area contributed by atoms with Gasteiger partial charge in [0.1, 0.15) is 5.60 Å². The third kappa shape index (κ3) is 9.23. The van der Waals surface area contributed by atoms with Crippen molar-refractivity contribution < 1.29 is 14.3 Å². The highest BCUT2D eigenvalue weighted by Gasteiger charge is 2.15. The molecule has 23 heavy (non-hydrogen) atoms. The molecule has 0 aliphatic carbocycles. The Kier molecular flexibility index (Phi) is 7.18. The number of carbonyl (C=O) groups is 2. The largest absolute Gasteiger partial charge is 0.444 e. The fourth-order valence-electron chi connectivity index (χ4n) is 1.75. The molecule has 1 aromatic rings. The van der Waals surface area contributed by atoms with Gasteiger partial charge in [-0.25, -0.2) is 9.59 Å². The summed E-state index contributed by atoms with van der Waals surface area (Å²) >= 11 is 0. The zero-order valence-corrected chi connectivity index (χ0v) is 13.9. The summed E-state index contributed by atoms with van der Waals surface area (Å²) in [7, 11) is 0. The maximum atomic E-state index is 11.7. The Morgan fingerprint density at radius 3 is 2.39 bits per heavy atom. The zero-order chi connectivity index (χ0) is 17.3. The number of ether oxygens (including phenoxy) is 1. The first-order valence-electron chi connectivity index (χ1n) is 7.63. The predicted octanol–water partition coefficient (Wildman–Crippen LogP) is 2.70. The summed E-state index contributed by atoms with van der Waals surface area (Å²) in [6.07, 6.45) is 1.07. The maximum absolute atomic E-state index is 11.7. The predicted molar refractivity (Wildman–Crippen MR) is 91.3 cm³/mol. The summed E-state index contributed by atoms with van der Waals surface area (Å²) in [5.41, 5.74) is 6.38. The molecule has 0 aliphatic rings. The van der Waals surface area contributed by atoms with E-state index in [-0.39, 0.29) is 6.03 Å². The summed E-state index contributed by atoms with van der Waals surface area (Å²) in [6.45, 7) is 6.47. The van der Waals surface area contributed by atoms with Crippen molar-refractivity contribution in [1.82, 2.24) is 10.6 Å². The number of anilines is 2. The molecule has 0 saturated carbocycles. The molecule has 1 aromatic carbocycles. The molecule has 0 heterocycles. The zero-order valence-electron chi connectivity index (χ0n) is 13.9. The lowest BCUT2D eigenvalue weighted by Crippen LogP contribution is -2.33. The lowest BCUT2D eigenvalue weighted by Gasteiger charge is -2.19.